The maximum absolute atomic E-state index is 12.8. The highest BCUT2D eigenvalue weighted by Gasteiger charge is 2.25. The van der Waals surface area contributed by atoms with Gasteiger partial charge in [-0.05, 0) is 138 Å². The molecule has 1 aliphatic rings. The highest BCUT2D eigenvalue weighted by atomic mass is 32.1. The lowest BCUT2D eigenvalue weighted by Gasteiger charge is -2.35. The van der Waals surface area contributed by atoms with Crippen LogP contribution in [-0.2, 0) is 41.8 Å². The Morgan fingerprint density at radius 1 is 0.899 bits per heavy atom. The summed E-state index contributed by atoms with van der Waals surface area (Å²) in [6, 6.07) is 16.5. The van der Waals surface area contributed by atoms with Crippen molar-refractivity contribution < 1.29 is 19.4 Å². The first kappa shape index (κ1) is 52.7. The summed E-state index contributed by atoms with van der Waals surface area (Å²) < 4.78 is 7.56. The third-order valence-corrected chi connectivity index (χ3v) is 13.6. The van der Waals surface area contributed by atoms with E-state index in [1.807, 2.05) is 41.4 Å². The average Bonchev–Trinajstić information content (AvgIpc) is 4.01. The standard InChI is InChI=1S/C55H75N9O4S/c1-4-31-63(50-26-27-52-46(37-50)17-16-18-53(52)65)35-29-44-19-22-47(23-20-44)59-54(66)28-25-48-40-64(61-60-48)34-15-10-8-6-5-7-9-13-32-62(3)33-14-11-12-30-57-55(67)41-68-51-36-45(38-56-39-51)21-24-49-42-69-43(2)58-49/h16-20,22-23,36,38-40,42,50,65H,4-15,25-35,37,41H2,1-3H3,(H,57,67)(H,59,66). The number of phenolic OH excluding ortho intramolecular Hbond substituents is 1. The van der Waals surface area contributed by atoms with E-state index in [4.69, 9.17) is 4.74 Å². The average molecular weight is 958 g/mol. The quantitative estimate of drug-likeness (QED) is 0.0300. The normalized spacial score (nSPS) is 13.3. The molecule has 0 spiro atoms. The maximum atomic E-state index is 12.8. The number of hydrogen-bond donors (Lipinski definition) is 3. The summed E-state index contributed by atoms with van der Waals surface area (Å²) in [7, 11) is 2.21. The Labute approximate surface area is 414 Å². The highest BCUT2D eigenvalue weighted by Crippen LogP contribution is 2.31. The summed E-state index contributed by atoms with van der Waals surface area (Å²) in [6.45, 7) is 9.92. The van der Waals surface area contributed by atoms with Gasteiger partial charge in [-0.2, -0.15) is 0 Å². The second-order valence-electron chi connectivity index (χ2n) is 18.6. The van der Waals surface area contributed by atoms with Gasteiger partial charge in [0.2, 0.25) is 5.91 Å². The number of fused-ring (bicyclic) bond motifs is 1. The van der Waals surface area contributed by atoms with Crippen molar-refractivity contribution in [1.82, 2.24) is 40.1 Å². The maximum Gasteiger partial charge on any atom is 0.257 e. The molecule has 1 unspecified atom stereocenters. The van der Waals surface area contributed by atoms with Crippen molar-refractivity contribution in [3.8, 4) is 23.3 Å². The minimum Gasteiger partial charge on any atom is -0.508 e. The van der Waals surface area contributed by atoms with Crippen molar-refractivity contribution in [3.63, 3.8) is 0 Å². The molecule has 3 aromatic heterocycles. The van der Waals surface area contributed by atoms with Gasteiger partial charge in [0.1, 0.15) is 17.2 Å². The molecular formula is C55H75N9O4S. The summed E-state index contributed by atoms with van der Waals surface area (Å²) in [5.74, 6) is 6.88. The Morgan fingerprint density at radius 2 is 1.67 bits per heavy atom. The largest absolute Gasteiger partial charge is 0.508 e. The molecular weight excluding hydrogens is 883 g/mol. The summed E-state index contributed by atoms with van der Waals surface area (Å²) >= 11 is 1.56. The van der Waals surface area contributed by atoms with E-state index in [9.17, 15) is 14.7 Å². The van der Waals surface area contributed by atoms with Crippen LogP contribution in [0.4, 0.5) is 5.69 Å². The van der Waals surface area contributed by atoms with Crippen LogP contribution in [0.3, 0.4) is 0 Å². The van der Waals surface area contributed by atoms with Crippen molar-refractivity contribution in [2.24, 2.45) is 0 Å². The monoisotopic (exact) mass is 958 g/mol. The second-order valence-corrected chi connectivity index (χ2v) is 19.6. The zero-order valence-corrected chi connectivity index (χ0v) is 42.2. The second kappa shape index (κ2) is 29.4. The number of carbonyl (C=O) groups is 2. The number of ether oxygens (including phenoxy) is 1. The van der Waals surface area contributed by atoms with E-state index in [0.29, 0.717) is 42.5 Å². The SMILES string of the molecule is CCCN(CCc1ccc(NC(=O)CCc2cn(CCCCCCCCCCN(C)CCCCCNC(=O)COc3cncc(C#Cc4csc(C)n4)c3)nn2)cc1)C1CCc2c(O)cccc2C1. The number of phenols is 1. The van der Waals surface area contributed by atoms with Crippen LogP contribution in [-0.4, -0.2) is 104 Å². The van der Waals surface area contributed by atoms with Crippen molar-refractivity contribution in [2.75, 3.05) is 51.7 Å². The molecule has 0 saturated carbocycles. The van der Waals surface area contributed by atoms with E-state index in [0.717, 1.165) is 118 Å². The summed E-state index contributed by atoms with van der Waals surface area (Å²) in [6.07, 6.45) is 24.3. The number of hydrogen-bond acceptors (Lipinski definition) is 11. The van der Waals surface area contributed by atoms with E-state index >= 15 is 0 Å². The molecule has 0 radical (unpaired) electrons. The molecule has 3 N–H and O–H groups in total. The van der Waals surface area contributed by atoms with Gasteiger partial charge in [0.15, 0.2) is 6.61 Å². The predicted molar refractivity (Wildman–Crippen MR) is 277 cm³/mol. The van der Waals surface area contributed by atoms with Crippen LogP contribution < -0.4 is 15.4 Å². The Kier molecular flexibility index (Phi) is 22.5. The summed E-state index contributed by atoms with van der Waals surface area (Å²) in [5.41, 5.74) is 6.80. The fourth-order valence-electron chi connectivity index (χ4n) is 8.96. The number of pyridine rings is 1. The molecule has 0 saturated heterocycles. The molecule has 0 bridgehead atoms. The van der Waals surface area contributed by atoms with Gasteiger partial charge < -0.3 is 25.4 Å². The van der Waals surface area contributed by atoms with Gasteiger partial charge >= 0.3 is 0 Å². The van der Waals surface area contributed by atoms with Crippen LogP contribution in [0, 0.1) is 18.8 Å². The number of carbonyl (C=O) groups excluding carboxylic acids is 2. The van der Waals surface area contributed by atoms with Gasteiger partial charge in [-0.1, -0.05) is 87.3 Å². The van der Waals surface area contributed by atoms with Gasteiger partial charge in [0, 0.05) is 67.5 Å². The first-order valence-corrected chi connectivity index (χ1v) is 26.4. The number of aromatic nitrogens is 5. The molecule has 370 valence electrons. The molecule has 1 atom stereocenters. The number of rotatable bonds is 30. The van der Waals surface area contributed by atoms with Gasteiger partial charge in [-0.25, -0.2) is 4.98 Å². The molecule has 5 aromatic rings. The van der Waals surface area contributed by atoms with Gasteiger partial charge in [0.25, 0.3) is 5.91 Å². The molecule has 69 heavy (non-hydrogen) atoms. The number of amides is 2. The molecule has 6 rings (SSSR count). The van der Waals surface area contributed by atoms with Gasteiger partial charge in [0.05, 0.1) is 16.9 Å². The number of aromatic hydroxyl groups is 1. The first-order chi connectivity index (χ1) is 33.7. The van der Waals surface area contributed by atoms with Crippen molar-refractivity contribution in [2.45, 2.75) is 142 Å². The minimum atomic E-state index is -0.135. The lowest BCUT2D eigenvalue weighted by Crippen LogP contribution is -2.41. The minimum absolute atomic E-state index is 0.0143. The summed E-state index contributed by atoms with van der Waals surface area (Å²) in [5, 5.41) is 27.8. The number of nitrogens with zero attached hydrogens (tertiary/aromatic N) is 7. The highest BCUT2D eigenvalue weighted by molar-refractivity contribution is 7.09. The molecule has 2 aromatic carbocycles. The number of aryl methyl sites for hydroxylation is 3. The molecule has 14 heteroatoms. The van der Waals surface area contributed by atoms with E-state index in [1.54, 1.807) is 35.9 Å². The summed E-state index contributed by atoms with van der Waals surface area (Å²) in [4.78, 5) is 38.7. The predicted octanol–water partition coefficient (Wildman–Crippen LogP) is 9.34. The fraction of sp³-hybridized carbons (Fsp3) is 0.527. The zero-order valence-electron chi connectivity index (χ0n) is 41.4. The lowest BCUT2D eigenvalue weighted by molar-refractivity contribution is -0.123. The molecule has 2 amide bonds. The number of nitrogens with one attached hydrogen (secondary N) is 2. The van der Waals surface area contributed by atoms with Crippen molar-refractivity contribution in [3.05, 3.63) is 111 Å². The van der Waals surface area contributed by atoms with E-state index < -0.39 is 0 Å². The molecule has 3 heterocycles. The Hall–Kier alpha value is -5.62. The Balaban J connectivity index is 0.713. The fourth-order valence-corrected chi connectivity index (χ4v) is 9.51. The Morgan fingerprint density at radius 3 is 2.43 bits per heavy atom. The third kappa shape index (κ3) is 19.4. The lowest BCUT2D eigenvalue weighted by atomic mass is 9.86. The molecule has 0 fully saturated rings. The number of anilines is 1. The van der Waals surface area contributed by atoms with Crippen LogP contribution in [0.1, 0.15) is 135 Å². The third-order valence-electron chi connectivity index (χ3n) is 12.8. The first-order valence-electron chi connectivity index (χ1n) is 25.5. The molecule has 0 aliphatic heterocycles. The van der Waals surface area contributed by atoms with Gasteiger partial charge in [-0.15, -0.1) is 16.4 Å². The number of thiazole rings is 1. The van der Waals surface area contributed by atoms with Gasteiger partial charge in [-0.3, -0.25) is 24.2 Å². The van der Waals surface area contributed by atoms with Crippen LogP contribution >= 0.6 is 11.3 Å². The van der Waals surface area contributed by atoms with Crippen molar-refractivity contribution in [1.29, 1.82) is 0 Å². The Bertz CT molecular complexity index is 2370. The zero-order chi connectivity index (χ0) is 48.5. The van der Waals surface area contributed by atoms with Crippen molar-refractivity contribution >= 4 is 28.8 Å². The number of benzene rings is 2. The van der Waals surface area contributed by atoms with Crippen LogP contribution in [0.2, 0.25) is 0 Å². The number of unbranched alkanes of at least 4 members (excludes halogenated alkanes) is 9. The van der Waals surface area contributed by atoms with E-state index in [2.05, 4.69) is 84.7 Å². The topological polar surface area (TPSA) is 151 Å². The van der Waals surface area contributed by atoms with Crippen LogP contribution in [0.25, 0.3) is 0 Å². The molecule has 13 nitrogen and oxygen atoms in total. The smallest absolute Gasteiger partial charge is 0.257 e. The van der Waals surface area contributed by atoms with Crippen LogP contribution in [0.15, 0.2) is 72.5 Å². The van der Waals surface area contributed by atoms with Crippen LogP contribution in [0.5, 0.6) is 11.5 Å². The molecule has 1 aliphatic carbocycles. The van der Waals surface area contributed by atoms with E-state index in [1.165, 1.54) is 56.1 Å². The van der Waals surface area contributed by atoms with E-state index in [-0.39, 0.29) is 18.4 Å².